The highest BCUT2D eigenvalue weighted by Gasteiger charge is 2.07. The van der Waals surface area contributed by atoms with Crippen LogP contribution in [0.15, 0.2) is 48.5 Å². The van der Waals surface area contributed by atoms with Gasteiger partial charge < -0.3 is 0 Å². The highest BCUT2D eigenvalue weighted by atomic mass is 35.5. The Hall–Kier alpha value is -1.60. The van der Waals surface area contributed by atoms with Crippen LogP contribution in [0, 0.1) is 6.92 Å². The number of hydrogen-bond acceptors (Lipinski definition) is 1. The maximum Gasteiger partial charge on any atom is 0.163 e. The van der Waals surface area contributed by atoms with Crippen molar-refractivity contribution >= 4 is 17.4 Å². The zero-order chi connectivity index (χ0) is 13.0. The molecule has 0 aliphatic rings. The Bertz CT molecular complexity index is 526. The number of Topliss-reactive ketones (excluding diaryl/α,β-unsaturated/α-hetero) is 1. The summed E-state index contributed by atoms with van der Waals surface area (Å²) in [6, 6.07) is 15.5. The molecule has 0 aliphatic heterocycles. The second-order valence-corrected chi connectivity index (χ2v) is 4.86. The van der Waals surface area contributed by atoms with E-state index in [1.165, 1.54) is 5.56 Å². The molecule has 0 N–H and O–H groups in total. The van der Waals surface area contributed by atoms with Crippen molar-refractivity contribution in [3.8, 4) is 0 Å². The molecule has 0 amide bonds. The monoisotopic (exact) mass is 258 g/mol. The topological polar surface area (TPSA) is 17.1 Å². The van der Waals surface area contributed by atoms with Crippen LogP contribution in [0.3, 0.4) is 0 Å². The number of carbonyl (C=O) groups is 1. The standard InChI is InChI=1S/C16H15ClO/c1-12-9-14(11-15(17)10-12)16(18)8-7-13-5-3-2-4-6-13/h2-6,9-11H,7-8H2,1H3. The maximum atomic E-state index is 12.1. The first-order valence-electron chi connectivity index (χ1n) is 5.99. The van der Waals surface area contributed by atoms with Crippen molar-refractivity contribution < 1.29 is 4.79 Å². The minimum absolute atomic E-state index is 0.143. The SMILES string of the molecule is Cc1cc(Cl)cc(C(=O)CCc2ccccc2)c1. The van der Waals surface area contributed by atoms with Crippen molar-refractivity contribution in [3.05, 3.63) is 70.2 Å². The lowest BCUT2D eigenvalue weighted by atomic mass is 10.0. The molecule has 0 bridgehead atoms. The number of benzene rings is 2. The van der Waals surface area contributed by atoms with E-state index in [1.807, 2.05) is 49.4 Å². The van der Waals surface area contributed by atoms with Gasteiger partial charge in [0.2, 0.25) is 0 Å². The fourth-order valence-corrected chi connectivity index (χ4v) is 2.23. The van der Waals surface area contributed by atoms with E-state index in [1.54, 1.807) is 6.07 Å². The minimum Gasteiger partial charge on any atom is -0.294 e. The Labute approximate surface area is 112 Å². The van der Waals surface area contributed by atoms with Gasteiger partial charge in [-0.2, -0.15) is 0 Å². The van der Waals surface area contributed by atoms with E-state index < -0.39 is 0 Å². The number of ketones is 1. The molecule has 0 atom stereocenters. The third kappa shape index (κ3) is 3.44. The van der Waals surface area contributed by atoms with Crippen LogP contribution in [-0.4, -0.2) is 5.78 Å². The third-order valence-corrected chi connectivity index (χ3v) is 3.07. The highest BCUT2D eigenvalue weighted by molar-refractivity contribution is 6.31. The van der Waals surface area contributed by atoms with Gasteiger partial charge in [-0.25, -0.2) is 0 Å². The molecule has 2 aromatic carbocycles. The van der Waals surface area contributed by atoms with E-state index in [2.05, 4.69) is 0 Å². The molecule has 92 valence electrons. The summed E-state index contributed by atoms with van der Waals surface area (Å²) in [5, 5.41) is 0.623. The van der Waals surface area contributed by atoms with Crippen molar-refractivity contribution in [2.24, 2.45) is 0 Å². The molecule has 18 heavy (non-hydrogen) atoms. The van der Waals surface area contributed by atoms with E-state index >= 15 is 0 Å². The van der Waals surface area contributed by atoms with Gasteiger partial charge in [0.25, 0.3) is 0 Å². The van der Waals surface area contributed by atoms with Gasteiger partial charge >= 0.3 is 0 Å². The first-order chi connectivity index (χ1) is 8.65. The number of aryl methyl sites for hydroxylation is 2. The Kier molecular flexibility index (Phi) is 4.16. The van der Waals surface area contributed by atoms with Crippen LogP contribution < -0.4 is 0 Å². The maximum absolute atomic E-state index is 12.1. The molecule has 0 heterocycles. The summed E-state index contributed by atoms with van der Waals surface area (Å²) in [4.78, 5) is 12.1. The lowest BCUT2D eigenvalue weighted by Crippen LogP contribution is -2.01. The van der Waals surface area contributed by atoms with Crippen LogP contribution in [0.2, 0.25) is 5.02 Å². The van der Waals surface area contributed by atoms with Gasteiger partial charge in [-0.15, -0.1) is 0 Å². The number of halogens is 1. The molecular weight excluding hydrogens is 244 g/mol. The van der Waals surface area contributed by atoms with E-state index in [-0.39, 0.29) is 5.78 Å². The Morgan fingerprint density at radius 1 is 1.11 bits per heavy atom. The van der Waals surface area contributed by atoms with Crippen molar-refractivity contribution in [1.82, 2.24) is 0 Å². The molecular formula is C16H15ClO. The van der Waals surface area contributed by atoms with E-state index in [4.69, 9.17) is 11.6 Å². The second-order valence-electron chi connectivity index (χ2n) is 4.43. The van der Waals surface area contributed by atoms with Crippen molar-refractivity contribution in [2.45, 2.75) is 19.8 Å². The average molecular weight is 259 g/mol. The molecule has 0 radical (unpaired) electrons. The van der Waals surface area contributed by atoms with Gasteiger partial charge in [0.1, 0.15) is 0 Å². The predicted octanol–water partition coefficient (Wildman–Crippen LogP) is 4.46. The Balaban J connectivity index is 2.04. The molecule has 2 aromatic rings. The van der Waals surface area contributed by atoms with Crippen LogP contribution in [0.1, 0.15) is 27.9 Å². The summed E-state index contributed by atoms with van der Waals surface area (Å²) in [6.45, 7) is 1.94. The summed E-state index contributed by atoms with van der Waals surface area (Å²) in [5.41, 5.74) is 2.91. The molecule has 2 heteroatoms. The summed E-state index contributed by atoms with van der Waals surface area (Å²) in [6.07, 6.45) is 1.29. The van der Waals surface area contributed by atoms with Gasteiger partial charge in [0, 0.05) is 17.0 Å². The average Bonchev–Trinajstić information content (AvgIpc) is 2.36. The van der Waals surface area contributed by atoms with Crippen LogP contribution in [0.5, 0.6) is 0 Å². The smallest absolute Gasteiger partial charge is 0.163 e. The normalized spacial score (nSPS) is 10.3. The molecule has 0 unspecified atom stereocenters. The number of hydrogen-bond donors (Lipinski definition) is 0. The molecule has 0 aliphatic carbocycles. The molecule has 0 spiro atoms. The zero-order valence-electron chi connectivity index (χ0n) is 10.3. The van der Waals surface area contributed by atoms with Gasteiger partial charge in [-0.1, -0.05) is 41.9 Å². The van der Waals surface area contributed by atoms with Crippen molar-refractivity contribution in [1.29, 1.82) is 0 Å². The number of rotatable bonds is 4. The second kappa shape index (κ2) is 5.83. The van der Waals surface area contributed by atoms with Crippen LogP contribution in [-0.2, 0) is 6.42 Å². The zero-order valence-corrected chi connectivity index (χ0v) is 11.1. The molecule has 0 saturated heterocycles. The highest BCUT2D eigenvalue weighted by Crippen LogP contribution is 2.16. The minimum atomic E-state index is 0.143. The Morgan fingerprint density at radius 2 is 1.83 bits per heavy atom. The summed E-state index contributed by atoms with van der Waals surface area (Å²) >= 11 is 5.96. The lowest BCUT2D eigenvalue weighted by molar-refractivity contribution is 0.0983. The van der Waals surface area contributed by atoms with Crippen LogP contribution in [0.25, 0.3) is 0 Å². The summed E-state index contributed by atoms with van der Waals surface area (Å²) in [5.74, 6) is 0.143. The molecule has 0 saturated carbocycles. The quantitative estimate of drug-likeness (QED) is 0.740. The van der Waals surface area contributed by atoms with Gasteiger partial charge in [-0.3, -0.25) is 4.79 Å². The molecule has 0 fully saturated rings. The molecule has 0 aromatic heterocycles. The first kappa shape index (κ1) is 12.8. The summed E-state index contributed by atoms with van der Waals surface area (Å²) < 4.78 is 0. The van der Waals surface area contributed by atoms with Crippen molar-refractivity contribution in [3.63, 3.8) is 0 Å². The first-order valence-corrected chi connectivity index (χ1v) is 6.37. The number of carbonyl (C=O) groups excluding carboxylic acids is 1. The van der Waals surface area contributed by atoms with Crippen LogP contribution in [0.4, 0.5) is 0 Å². The van der Waals surface area contributed by atoms with E-state index in [0.29, 0.717) is 17.0 Å². The summed E-state index contributed by atoms with van der Waals surface area (Å²) in [7, 11) is 0. The lowest BCUT2D eigenvalue weighted by Gasteiger charge is -2.04. The third-order valence-electron chi connectivity index (χ3n) is 2.85. The fourth-order valence-electron chi connectivity index (χ4n) is 1.94. The van der Waals surface area contributed by atoms with Gasteiger partial charge in [0.05, 0.1) is 0 Å². The molecule has 2 rings (SSSR count). The van der Waals surface area contributed by atoms with Crippen molar-refractivity contribution in [2.75, 3.05) is 0 Å². The van der Waals surface area contributed by atoms with E-state index in [0.717, 1.165) is 12.0 Å². The largest absolute Gasteiger partial charge is 0.294 e. The van der Waals surface area contributed by atoms with Gasteiger partial charge in [-0.05, 0) is 42.7 Å². The van der Waals surface area contributed by atoms with Gasteiger partial charge in [0.15, 0.2) is 5.78 Å². The predicted molar refractivity (Wildman–Crippen MR) is 75.3 cm³/mol. The molecule has 1 nitrogen and oxygen atoms in total. The fraction of sp³-hybridized carbons (Fsp3) is 0.188. The van der Waals surface area contributed by atoms with E-state index in [9.17, 15) is 4.79 Å². The van der Waals surface area contributed by atoms with Crippen LogP contribution >= 0.6 is 11.6 Å². The Morgan fingerprint density at radius 3 is 2.50 bits per heavy atom.